The summed E-state index contributed by atoms with van der Waals surface area (Å²) in [6, 6.07) is 4.26. The summed E-state index contributed by atoms with van der Waals surface area (Å²) in [5, 5.41) is 0.321. The van der Waals surface area contributed by atoms with E-state index in [9.17, 15) is 14.0 Å². The molecule has 1 aromatic heterocycles. The molecule has 124 valence electrons. The molecule has 2 bridgehead atoms. The number of hydrogen-bond acceptors (Lipinski definition) is 5. The van der Waals surface area contributed by atoms with E-state index >= 15 is 0 Å². The molecule has 2 amide bonds. The second kappa shape index (κ2) is 4.21. The lowest BCUT2D eigenvalue weighted by atomic mass is 9.59. The highest BCUT2D eigenvalue weighted by molar-refractivity contribution is 7.22. The Labute approximate surface area is 141 Å². The number of hydrogen-bond donors (Lipinski definition) is 0. The molecule has 24 heavy (non-hydrogen) atoms. The van der Waals surface area contributed by atoms with Crippen molar-refractivity contribution in [2.45, 2.75) is 38.9 Å². The molecule has 0 aliphatic carbocycles. The molecule has 3 fully saturated rings. The Morgan fingerprint density at radius 2 is 1.83 bits per heavy atom. The second-order valence-corrected chi connectivity index (χ2v) is 8.16. The van der Waals surface area contributed by atoms with Crippen molar-refractivity contribution < 1.29 is 18.7 Å². The molecule has 3 aliphatic rings. The minimum Gasteiger partial charge on any atom is -0.373 e. The minimum atomic E-state index is -0.851. The van der Waals surface area contributed by atoms with Gasteiger partial charge in [0.05, 0.1) is 33.3 Å². The summed E-state index contributed by atoms with van der Waals surface area (Å²) in [7, 11) is 0. The number of fused-ring (bicyclic) bond motifs is 6. The maximum atomic E-state index is 13.4. The third kappa shape index (κ3) is 1.38. The van der Waals surface area contributed by atoms with E-state index in [4.69, 9.17) is 4.74 Å². The number of carbonyl (C=O) groups is 2. The van der Waals surface area contributed by atoms with Crippen molar-refractivity contribution in [3.05, 3.63) is 24.0 Å². The van der Waals surface area contributed by atoms with Gasteiger partial charge in [-0.3, -0.25) is 9.59 Å². The van der Waals surface area contributed by atoms with E-state index in [-0.39, 0.29) is 29.8 Å². The number of nitrogens with zero attached hydrogens (tertiary/aromatic N) is 2. The van der Waals surface area contributed by atoms with Gasteiger partial charge in [-0.2, -0.15) is 0 Å². The molecule has 1 aromatic carbocycles. The number of rotatable bonds is 1. The van der Waals surface area contributed by atoms with E-state index in [1.54, 1.807) is 6.07 Å². The Hall–Kier alpha value is -1.86. The number of benzene rings is 1. The maximum absolute atomic E-state index is 13.4. The van der Waals surface area contributed by atoms with Crippen molar-refractivity contribution in [3.63, 3.8) is 0 Å². The van der Waals surface area contributed by atoms with E-state index in [0.29, 0.717) is 15.3 Å². The van der Waals surface area contributed by atoms with Crippen LogP contribution in [-0.4, -0.2) is 29.0 Å². The molecule has 0 saturated carbocycles. The van der Waals surface area contributed by atoms with Crippen LogP contribution in [0.3, 0.4) is 0 Å². The van der Waals surface area contributed by atoms with Gasteiger partial charge in [-0.25, -0.2) is 14.3 Å². The number of amides is 2. The smallest absolute Gasteiger partial charge is 0.245 e. The van der Waals surface area contributed by atoms with Gasteiger partial charge in [-0.15, -0.1) is 0 Å². The first-order chi connectivity index (χ1) is 11.4. The Morgan fingerprint density at radius 3 is 2.46 bits per heavy atom. The topological polar surface area (TPSA) is 59.5 Å². The lowest BCUT2D eigenvalue weighted by molar-refractivity contribution is -0.132. The molecule has 3 saturated heterocycles. The summed E-state index contributed by atoms with van der Waals surface area (Å²) < 4.78 is 19.9. The van der Waals surface area contributed by atoms with E-state index in [0.717, 1.165) is 12.8 Å². The zero-order valence-electron chi connectivity index (χ0n) is 13.2. The fourth-order valence-corrected chi connectivity index (χ4v) is 5.58. The second-order valence-electron chi connectivity index (χ2n) is 7.15. The SMILES string of the molecule is C[C@@]12C(=O)N(c3nc4ccc(F)cc4s3)C(=O)[C@]1(C)[C@H]1CC[C@H]2O1. The van der Waals surface area contributed by atoms with Crippen LogP contribution >= 0.6 is 11.3 Å². The van der Waals surface area contributed by atoms with Crippen LogP contribution in [0.1, 0.15) is 26.7 Å². The normalized spacial score (nSPS) is 37.7. The predicted octanol–water partition coefficient (Wildman–Crippen LogP) is 2.88. The number of aromatic nitrogens is 1. The lowest BCUT2D eigenvalue weighted by Crippen LogP contribution is -2.48. The number of anilines is 1. The zero-order valence-corrected chi connectivity index (χ0v) is 14.0. The van der Waals surface area contributed by atoms with Crippen LogP contribution in [0.25, 0.3) is 10.2 Å². The number of ether oxygens (including phenoxy) is 1. The largest absolute Gasteiger partial charge is 0.373 e. The van der Waals surface area contributed by atoms with Crippen LogP contribution in [0.15, 0.2) is 18.2 Å². The van der Waals surface area contributed by atoms with E-state index < -0.39 is 10.8 Å². The lowest BCUT2D eigenvalue weighted by Gasteiger charge is -2.36. The van der Waals surface area contributed by atoms with Crippen LogP contribution in [0.2, 0.25) is 0 Å². The van der Waals surface area contributed by atoms with E-state index in [1.165, 1.54) is 28.4 Å². The Bertz CT molecular complexity index is 894. The highest BCUT2D eigenvalue weighted by Crippen LogP contribution is 2.64. The first-order valence-corrected chi connectivity index (χ1v) is 8.79. The average Bonchev–Trinajstić information content (AvgIpc) is 3.25. The zero-order chi connectivity index (χ0) is 16.9. The first kappa shape index (κ1) is 14.5. The van der Waals surface area contributed by atoms with E-state index in [1.807, 2.05) is 13.8 Å². The molecule has 5 rings (SSSR count). The van der Waals surface area contributed by atoms with Crippen molar-refractivity contribution >= 4 is 38.5 Å². The molecular weight excluding hydrogens is 331 g/mol. The summed E-state index contributed by atoms with van der Waals surface area (Å²) in [6.45, 7) is 3.67. The summed E-state index contributed by atoms with van der Waals surface area (Å²) in [5.74, 6) is -0.859. The van der Waals surface area contributed by atoms with Gasteiger partial charge in [0, 0.05) is 0 Å². The molecule has 0 spiro atoms. The van der Waals surface area contributed by atoms with Gasteiger partial charge >= 0.3 is 0 Å². The van der Waals surface area contributed by atoms with Gasteiger partial charge in [0.1, 0.15) is 5.82 Å². The number of imide groups is 1. The van der Waals surface area contributed by atoms with Crippen LogP contribution in [0, 0.1) is 16.6 Å². The molecule has 0 unspecified atom stereocenters. The molecule has 3 aliphatic heterocycles. The van der Waals surface area contributed by atoms with Crippen LogP contribution in [0.4, 0.5) is 9.52 Å². The highest BCUT2D eigenvalue weighted by atomic mass is 32.1. The fourth-order valence-electron chi connectivity index (χ4n) is 4.59. The minimum absolute atomic E-state index is 0.222. The van der Waals surface area contributed by atoms with Crippen molar-refractivity contribution in [1.82, 2.24) is 4.98 Å². The fraction of sp³-hybridized carbons (Fsp3) is 0.471. The molecular formula is C17H15FN2O3S. The summed E-state index contributed by atoms with van der Waals surface area (Å²) in [4.78, 5) is 31.9. The summed E-state index contributed by atoms with van der Waals surface area (Å²) in [6.07, 6.45) is 1.16. The first-order valence-electron chi connectivity index (χ1n) is 7.98. The predicted molar refractivity (Wildman–Crippen MR) is 86.2 cm³/mol. The molecule has 0 radical (unpaired) electrons. The molecule has 2 aromatic rings. The maximum Gasteiger partial charge on any atom is 0.245 e. The van der Waals surface area contributed by atoms with E-state index in [2.05, 4.69) is 4.98 Å². The van der Waals surface area contributed by atoms with Gasteiger partial charge < -0.3 is 4.74 Å². The highest BCUT2D eigenvalue weighted by Gasteiger charge is 2.77. The number of carbonyl (C=O) groups excluding carboxylic acids is 2. The van der Waals surface area contributed by atoms with Gasteiger partial charge in [0.15, 0.2) is 5.13 Å². The van der Waals surface area contributed by atoms with Crippen LogP contribution in [0.5, 0.6) is 0 Å². The third-order valence-electron chi connectivity index (χ3n) is 6.21. The Kier molecular flexibility index (Phi) is 2.54. The van der Waals surface area contributed by atoms with Crippen molar-refractivity contribution in [1.29, 1.82) is 0 Å². The standard InChI is InChI=1S/C17H15FN2O3S/c1-16-11-5-6-12(23-11)17(16,2)14(22)20(13(16)21)15-19-9-4-3-8(18)7-10(9)24-15/h3-4,7,11-12H,5-6H2,1-2H3/t11-,12-,16-,17+/m1/s1. The van der Waals surface area contributed by atoms with Gasteiger partial charge in [0.2, 0.25) is 11.8 Å². The average molecular weight is 346 g/mol. The summed E-state index contributed by atoms with van der Waals surface area (Å²) in [5.41, 5.74) is -1.12. The van der Waals surface area contributed by atoms with Crippen LogP contribution < -0.4 is 4.90 Å². The van der Waals surface area contributed by atoms with Crippen molar-refractivity contribution in [2.24, 2.45) is 10.8 Å². The molecule has 7 heteroatoms. The molecule has 4 atom stereocenters. The number of thiazole rings is 1. The number of halogens is 1. The molecule has 5 nitrogen and oxygen atoms in total. The van der Waals surface area contributed by atoms with Gasteiger partial charge in [-0.1, -0.05) is 11.3 Å². The molecule has 0 N–H and O–H groups in total. The quantitative estimate of drug-likeness (QED) is 0.745. The Morgan fingerprint density at radius 1 is 1.21 bits per heavy atom. The molecule has 4 heterocycles. The Balaban J connectivity index is 1.67. The monoisotopic (exact) mass is 346 g/mol. The van der Waals surface area contributed by atoms with Gasteiger partial charge in [-0.05, 0) is 44.9 Å². The van der Waals surface area contributed by atoms with Crippen LogP contribution in [-0.2, 0) is 14.3 Å². The third-order valence-corrected chi connectivity index (χ3v) is 7.21. The van der Waals surface area contributed by atoms with Crippen molar-refractivity contribution in [2.75, 3.05) is 4.90 Å². The summed E-state index contributed by atoms with van der Waals surface area (Å²) >= 11 is 1.17. The van der Waals surface area contributed by atoms with Gasteiger partial charge in [0.25, 0.3) is 0 Å². The van der Waals surface area contributed by atoms with Crippen molar-refractivity contribution in [3.8, 4) is 0 Å².